The number of esters is 1. The molecule has 3 N–H and O–H groups in total. The Kier molecular flexibility index (Phi) is 26.8. The van der Waals surface area contributed by atoms with Crippen LogP contribution in [-0.4, -0.2) is 35.8 Å². The van der Waals surface area contributed by atoms with Gasteiger partial charge in [-0.25, -0.2) is 20.4 Å². The maximum absolute atomic E-state index is 11.0. The molecule has 27 heavy (non-hydrogen) atoms. The van der Waals surface area contributed by atoms with Crippen LogP contribution in [-0.2, 0) is 23.9 Å². The van der Waals surface area contributed by atoms with Crippen LogP contribution in [0.5, 0.6) is 0 Å². The number of hydrogen-bond donors (Lipinski definition) is 3. The number of carboxylic acid groups (broad SMARTS) is 1. The molecule has 0 radical (unpaired) electrons. The number of aliphatic carboxylic acids is 1. The predicted octanol–water partition coefficient (Wildman–Crippen LogP) is 3.77. The van der Waals surface area contributed by atoms with Crippen molar-refractivity contribution < 1.29 is 29.0 Å². The molecule has 0 aliphatic rings. The Labute approximate surface area is 159 Å². The molecule has 0 fully saturated rings. The van der Waals surface area contributed by atoms with Crippen molar-refractivity contribution in [1.29, 1.82) is 10.8 Å². The van der Waals surface area contributed by atoms with Gasteiger partial charge in [-0.1, -0.05) is 49.2 Å². The van der Waals surface area contributed by atoms with Crippen LogP contribution in [0.25, 0.3) is 0 Å². The molecule has 1 rings (SSSR count). The molecule has 0 spiro atoms. The molecule has 0 atom stereocenters. The van der Waals surface area contributed by atoms with Crippen LogP contribution < -0.4 is 0 Å². The Morgan fingerprint density at radius 1 is 1.00 bits per heavy atom. The standard InChI is InChI=1S/C10H18O4.C7H8.2CHNO/c1-2-3-8-14-10(13)7-5-4-6-9(11)12;1-7-5-3-2-4-6-7;2*2-1-3/h2-8H2,1H3,(H,11,12);2-6H,1H3;2*2H. The van der Waals surface area contributed by atoms with Crippen molar-refractivity contribution >= 4 is 24.1 Å². The van der Waals surface area contributed by atoms with Crippen LogP contribution in [0.1, 0.15) is 51.0 Å². The first-order valence-electron chi connectivity index (χ1n) is 8.36. The van der Waals surface area contributed by atoms with Crippen LogP contribution >= 0.6 is 0 Å². The van der Waals surface area contributed by atoms with E-state index in [1.54, 1.807) is 0 Å². The van der Waals surface area contributed by atoms with E-state index in [9.17, 15) is 9.59 Å². The van der Waals surface area contributed by atoms with E-state index in [4.69, 9.17) is 30.3 Å². The molecular formula is C19H28N2O6. The van der Waals surface area contributed by atoms with E-state index in [1.807, 2.05) is 25.1 Å². The van der Waals surface area contributed by atoms with Gasteiger partial charge in [0.25, 0.3) is 0 Å². The molecule has 0 heterocycles. The fraction of sp³-hybridized carbons (Fsp3) is 0.474. The molecule has 8 heteroatoms. The molecule has 0 aliphatic carbocycles. The fourth-order valence-electron chi connectivity index (χ4n) is 1.48. The van der Waals surface area contributed by atoms with Gasteiger partial charge in [-0.15, -0.1) is 0 Å². The predicted molar refractivity (Wildman–Crippen MR) is 100.0 cm³/mol. The maximum Gasteiger partial charge on any atom is 0.305 e. The van der Waals surface area contributed by atoms with E-state index in [0.29, 0.717) is 25.9 Å². The summed E-state index contributed by atoms with van der Waals surface area (Å²) >= 11 is 0. The summed E-state index contributed by atoms with van der Waals surface area (Å²) in [5, 5.41) is 19.1. The molecule has 0 saturated carbocycles. The maximum atomic E-state index is 11.0. The van der Waals surface area contributed by atoms with Gasteiger partial charge in [0.1, 0.15) is 0 Å². The number of unbranched alkanes of at least 4 members (excludes halogenated alkanes) is 2. The number of ether oxygens (including phenoxy) is 1. The second-order valence-electron chi connectivity index (χ2n) is 5.03. The summed E-state index contributed by atoms with van der Waals surface area (Å²) in [6, 6.07) is 10.3. The van der Waals surface area contributed by atoms with Gasteiger partial charge in [0.2, 0.25) is 12.2 Å². The Balaban J connectivity index is -0.000000364. The average Bonchev–Trinajstić information content (AvgIpc) is 2.61. The lowest BCUT2D eigenvalue weighted by Crippen LogP contribution is -2.05. The van der Waals surface area contributed by atoms with Crippen LogP contribution in [0, 0.1) is 17.7 Å². The van der Waals surface area contributed by atoms with Gasteiger partial charge in [0.05, 0.1) is 6.61 Å². The normalized spacial score (nSPS) is 7.93. The van der Waals surface area contributed by atoms with Gasteiger partial charge in [0.15, 0.2) is 0 Å². The summed E-state index contributed by atoms with van der Waals surface area (Å²) in [5.74, 6) is -1.03. The lowest BCUT2D eigenvalue weighted by molar-refractivity contribution is -0.144. The highest BCUT2D eigenvalue weighted by atomic mass is 16.5. The summed E-state index contributed by atoms with van der Waals surface area (Å²) in [7, 11) is 0. The number of isocyanates is 2. The van der Waals surface area contributed by atoms with Crippen molar-refractivity contribution in [3.63, 3.8) is 0 Å². The molecule has 1 aromatic rings. The Morgan fingerprint density at radius 2 is 1.48 bits per heavy atom. The molecular weight excluding hydrogens is 352 g/mol. The SMILES string of the molecule is CCCCOC(=O)CCCCC(=O)O.Cc1ccccc1.N=C=O.N=C=O. The van der Waals surface area contributed by atoms with Gasteiger partial charge in [0, 0.05) is 12.8 Å². The zero-order valence-corrected chi connectivity index (χ0v) is 15.8. The summed E-state index contributed by atoms with van der Waals surface area (Å²) in [4.78, 5) is 37.8. The molecule has 1 aromatic carbocycles. The molecule has 0 amide bonds. The minimum absolute atomic E-state index is 0.127. The molecule has 8 nitrogen and oxygen atoms in total. The first kappa shape index (κ1) is 28.7. The van der Waals surface area contributed by atoms with E-state index in [1.165, 1.54) is 5.56 Å². The summed E-state index contributed by atoms with van der Waals surface area (Å²) in [5.41, 5.74) is 1.32. The monoisotopic (exact) mass is 380 g/mol. The van der Waals surface area contributed by atoms with Crippen molar-refractivity contribution in [3.8, 4) is 0 Å². The number of benzene rings is 1. The van der Waals surface area contributed by atoms with E-state index >= 15 is 0 Å². The van der Waals surface area contributed by atoms with Crippen molar-refractivity contribution in [2.24, 2.45) is 0 Å². The summed E-state index contributed by atoms with van der Waals surface area (Å²) in [6.45, 7) is 4.59. The Bertz CT molecular complexity index is 537. The number of rotatable bonds is 8. The van der Waals surface area contributed by atoms with Gasteiger partial charge in [-0.3, -0.25) is 9.59 Å². The molecule has 0 aromatic heterocycles. The van der Waals surface area contributed by atoms with Crippen LogP contribution in [0.2, 0.25) is 0 Å². The van der Waals surface area contributed by atoms with E-state index in [-0.39, 0.29) is 12.4 Å². The third kappa shape index (κ3) is 35.0. The van der Waals surface area contributed by atoms with E-state index < -0.39 is 5.97 Å². The average molecular weight is 380 g/mol. The van der Waals surface area contributed by atoms with Crippen LogP contribution in [0.3, 0.4) is 0 Å². The third-order valence-corrected chi connectivity index (χ3v) is 2.72. The molecule has 0 bridgehead atoms. The summed E-state index contributed by atoms with van der Waals surface area (Å²) < 4.78 is 4.90. The number of hydrogen-bond acceptors (Lipinski definition) is 7. The highest BCUT2D eigenvalue weighted by molar-refractivity contribution is 5.69. The minimum atomic E-state index is -0.815. The number of aryl methyl sites for hydroxylation is 1. The van der Waals surface area contributed by atoms with Crippen molar-refractivity contribution in [1.82, 2.24) is 0 Å². The lowest BCUT2D eigenvalue weighted by Gasteiger charge is -2.02. The Hall–Kier alpha value is -3.08. The third-order valence-electron chi connectivity index (χ3n) is 2.72. The highest BCUT2D eigenvalue weighted by Gasteiger charge is 2.03. The quantitative estimate of drug-likeness (QED) is 0.271. The largest absolute Gasteiger partial charge is 0.481 e. The fourth-order valence-corrected chi connectivity index (χ4v) is 1.48. The van der Waals surface area contributed by atoms with Crippen molar-refractivity contribution in [2.75, 3.05) is 6.61 Å². The number of carboxylic acids is 1. The van der Waals surface area contributed by atoms with Gasteiger partial charge in [-0.2, -0.15) is 0 Å². The summed E-state index contributed by atoms with van der Waals surface area (Å²) in [6.07, 6.45) is 4.99. The smallest absolute Gasteiger partial charge is 0.305 e. The van der Waals surface area contributed by atoms with Crippen molar-refractivity contribution in [2.45, 2.75) is 52.4 Å². The molecule has 150 valence electrons. The molecule has 0 saturated heterocycles. The number of nitrogens with one attached hydrogen (secondary N) is 2. The molecule has 0 unspecified atom stereocenters. The second kappa shape index (κ2) is 25.2. The first-order valence-corrected chi connectivity index (χ1v) is 8.36. The lowest BCUT2D eigenvalue weighted by atomic mass is 10.2. The number of carbonyl (C=O) groups excluding carboxylic acids is 3. The van der Waals surface area contributed by atoms with E-state index in [0.717, 1.165) is 25.0 Å². The first-order chi connectivity index (χ1) is 12.9. The van der Waals surface area contributed by atoms with Crippen molar-refractivity contribution in [3.05, 3.63) is 35.9 Å². The highest BCUT2D eigenvalue weighted by Crippen LogP contribution is 2.02. The van der Waals surface area contributed by atoms with E-state index in [2.05, 4.69) is 19.1 Å². The topological polar surface area (TPSA) is 145 Å². The minimum Gasteiger partial charge on any atom is -0.481 e. The second-order valence-corrected chi connectivity index (χ2v) is 5.03. The molecule has 0 aliphatic heterocycles. The van der Waals surface area contributed by atoms with Crippen LogP contribution in [0.15, 0.2) is 30.3 Å². The van der Waals surface area contributed by atoms with Gasteiger partial charge >= 0.3 is 11.9 Å². The number of carbonyl (C=O) groups is 2. The Morgan fingerprint density at radius 3 is 1.85 bits per heavy atom. The van der Waals surface area contributed by atoms with Gasteiger partial charge in [-0.05, 0) is 26.2 Å². The zero-order valence-electron chi connectivity index (χ0n) is 15.8. The van der Waals surface area contributed by atoms with Crippen LogP contribution in [0.4, 0.5) is 0 Å². The zero-order chi connectivity index (χ0) is 21.3. The van der Waals surface area contributed by atoms with Gasteiger partial charge < -0.3 is 9.84 Å².